The van der Waals surface area contributed by atoms with E-state index in [-0.39, 0.29) is 0 Å². The van der Waals surface area contributed by atoms with Gasteiger partial charge in [-0.1, -0.05) is 66.2 Å². The fourth-order valence-electron chi connectivity index (χ4n) is 2.71. The Morgan fingerprint density at radius 2 is 2.04 bits per heavy atom. The smallest absolute Gasteiger partial charge is 0.0485 e. The first-order valence-electron chi connectivity index (χ1n) is 8.24. The van der Waals surface area contributed by atoms with Crippen molar-refractivity contribution in [2.24, 2.45) is 0 Å². The van der Waals surface area contributed by atoms with E-state index >= 15 is 0 Å². The second-order valence-corrected chi connectivity index (χ2v) is 6.72. The predicted molar refractivity (Wildman–Crippen MR) is 112 cm³/mol. The average Bonchev–Trinajstić information content (AvgIpc) is 2.60. The molecule has 0 spiro atoms. The van der Waals surface area contributed by atoms with Crippen LogP contribution >= 0.6 is 23.2 Å². The zero-order chi connectivity index (χ0) is 18.4. The van der Waals surface area contributed by atoms with Crippen molar-refractivity contribution in [2.75, 3.05) is 0 Å². The summed E-state index contributed by atoms with van der Waals surface area (Å²) >= 11 is 12.6. The molecule has 2 rings (SSSR count). The van der Waals surface area contributed by atoms with Gasteiger partial charge >= 0.3 is 0 Å². The Labute approximate surface area is 160 Å². The van der Waals surface area contributed by atoms with Crippen molar-refractivity contribution in [3.05, 3.63) is 100 Å². The third-order valence-electron chi connectivity index (χ3n) is 4.08. The predicted octanol–water partition coefficient (Wildman–Crippen LogP) is 7.19. The van der Waals surface area contributed by atoms with E-state index in [9.17, 15) is 0 Å². The van der Waals surface area contributed by atoms with Crippen molar-refractivity contribution in [3.63, 3.8) is 0 Å². The van der Waals surface area contributed by atoms with Crippen LogP contribution in [0.5, 0.6) is 0 Å². The molecule has 0 bridgehead atoms. The number of nitrogens with zero attached hydrogens (tertiary/aromatic N) is 1. The van der Waals surface area contributed by atoms with Crippen molar-refractivity contribution in [1.82, 2.24) is 4.90 Å². The quantitative estimate of drug-likeness (QED) is 0.495. The molecule has 0 amide bonds. The van der Waals surface area contributed by atoms with Crippen LogP contribution in [0.25, 0.3) is 5.57 Å². The molecule has 1 nitrogen and oxygen atoms in total. The summed E-state index contributed by atoms with van der Waals surface area (Å²) in [5.41, 5.74) is 4.20. The minimum absolute atomic E-state index is 0.319. The summed E-state index contributed by atoms with van der Waals surface area (Å²) in [4.78, 5) is 2.18. The van der Waals surface area contributed by atoms with Crippen molar-refractivity contribution >= 4 is 28.8 Å². The van der Waals surface area contributed by atoms with Gasteiger partial charge in [0.2, 0.25) is 0 Å². The first-order chi connectivity index (χ1) is 12.0. The Bertz CT molecular complexity index is 794. The molecule has 1 heterocycles. The van der Waals surface area contributed by atoms with Gasteiger partial charge in [0.25, 0.3) is 0 Å². The molecule has 0 saturated carbocycles. The summed E-state index contributed by atoms with van der Waals surface area (Å²) in [7, 11) is 0. The Kier molecular flexibility index (Phi) is 6.92. The number of halogens is 2. The van der Waals surface area contributed by atoms with Crippen LogP contribution in [0.1, 0.15) is 26.3 Å². The lowest BCUT2D eigenvalue weighted by Crippen LogP contribution is -2.23. The summed E-state index contributed by atoms with van der Waals surface area (Å²) in [6.45, 7) is 10.0. The summed E-state index contributed by atoms with van der Waals surface area (Å²) in [5, 5.41) is 1.36. The molecule has 1 aliphatic rings. The number of allylic oxidation sites excluding steroid dienone is 8. The van der Waals surface area contributed by atoms with E-state index in [1.54, 1.807) is 12.1 Å². The van der Waals surface area contributed by atoms with Crippen molar-refractivity contribution in [2.45, 2.75) is 26.8 Å². The molecular weight excluding hydrogens is 349 g/mol. The second kappa shape index (κ2) is 8.94. The maximum absolute atomic E-state index is 6.41. The molecule has 25 heavy (non-hydrogen) atoms. The van der Waals surface area contributed by atoms with Gasteiger partial charge in [0.05, 0.1) is 0 Å². The first-order valence-corrected chi connectivity index (χ1v) is 8.99. The number of hydrogen-bond donors (Lipinski definition) is 0. The second-order valence-electron chi connectivity index (χ2n) is 5.87. The monoisotopic (exact) mass is 371 g/mol. The third-order valence-corrected chi connectivity index (χ3v) is 4.65. The van der Waals surface area contributed by atoms with Gasteiger partial charge in [0.1, 0.15) is 0 Å². The molecule has 3 heteroatoms. The standard InChI is InChI=1S/C22H23Cl2N/c1-5-7-8-20(17(4)21-14-19(23)11-12-22(21)24)18-10-9-16(3)25(15-18)13-6-2/h5-16H,1H2,2-4H3/b8-7-,13-6-,20-17-. The molecular formula is C22H23Cl2N. The van der Waals surface area contributed by atoms with Crippen molar-refractivity contribution in [1.29, 1.82) is 0 Å². The fraction of sp³-hybridized carbons (Fsp3) is 0.182. The van der Waals surface area contributed by atoms with Gasteiger partial charge in [0, 0.05) is 22.3 Å². The number of benzene rings is 1. The molecule has 0 saturated heterocycles. The molecule has 0 fully saturated rings. The van der Waals surface area contributed by atoms with Gasteiger partial charge in [-0.25, -0.2) is 0 Å². The van der Waals surface area contributed by atoms with E-state index in [1.165, 1.54) is 0 Å². The normalized spacial score (nSPS) is 18.7. The molecule has 1 aromatic rings. The molecule has 0 N–H and O–H groups in total. The van der Waals surface area contributed by atoms with Gasteiger partial charge in [0.15, 0.2) is 0 Å². The molecule has 0 radical (unpaired) electrons. The zero-order valence-corrected chi connectivity index (χ0v) is 16.4. The van der Waals surface area contributed by atoms with E-state index in [0.29, 0.717) is 16.1 Å². The highest BCUT2D eigenvalue weighted by molar-refractivity contribution is 6.34. The molecule has 1 aromatic carbocycles. The Hall–Kier alpha value is -1.96. The highest BCUT2D eigenvalue weighted by Crippen LogP contribution is 2.33. The van der Waals surface area contributed by atoms with Crippen LogP contribution in [0.15, 0.2) is 84.8 Å². The lowest BCUT2D eigenvalue weighted by molar-refractivity contribution is 0.444. The molecule has 1 unspecified atom stereocenters. The van der Waals surface area contributed by atoms with Gasteiger partial charge in [-0.2, -0.15) is 0 Å². The maximum atomic E-state index is 6.41. The lowest BCUT2D eigenvalue weighted by atomic mass is 9.93. The minimum Gasteiger partial charge on any atom is -0.347 e. The zero-order valence-electron chi connectivity index (χ0n) is 14.8. The van der Waals surface area contributed by atoms with Gasteiger partial charge < -0.3 is 4.90 Å². The van der Waals surface area contributed by atoms with Crippen molar-refractivity contribution < 1.29 is 0 Å². The topological polar surface area (TPSA) is 3.24 Å². The molecule has 130 valence electrons. The average molecular weight is 372 g/mol. The summed E-state index contributed by atoms with van der Waals surface area (Å²) < 4.78 is 0. The van der Waals surface area contributed by atoms with Crippen LogP contribution in [-0.2, 0) is 0 Å². The molecule has 1 aliphatic heterocycles. The van der Waals surface area contributed by atoms with Crippen LogP contribution in [-0.4, -0.2) is 10.9 Å². The molecule has 0 aromatic heterocycles. The maximum Gasteiger partial charge on any atom is 0.0485 e. The van der Waals surface area contributed by atoms with Crippen LogP contribution < -0.4 is 0 Å². The molecule has 0 aliphatic carbocycles. The number of hydrogen-bond acceptors (Lipinski definition) is 1. The van der Waals surface area contributed by atoms with E-state index in [4.69, 9.17) is 23.2 Å². The highest BCUT2D eigenvalue weighted by Gasteiger charge is 2.15. The van der Waals surface area contributed by atoms with Gasteiger partial charge in [-0.05, 0) is 67.5 Å². The van der Waals surface area contributed by atoms with Gasteiger partial charge in [-0.3, -0.25) is 0 Å². The van der Waals surface area contributed by atoms with Crippen molar-refractivity contribution in [3.8, 4) is 0 Å². The summed E-state index contributed by atoms with van der Waals surface area (Å²) in [6.07, 6.45) is 16.3. The SMILES string of the molecule is C=C/C=C\C(C1=CN(/C=C\C)C(C)C=C1)=C(/C)c1cc(Cl)ccc1Cl. The van der Waals surface area contributed by atoms with E-state index in [1.807, 2.05) is 31.2 Å². The highest BCUT2D eigenvalue weighted by atomic mass is 35.5. The Morgan fingerprint density at radius 3 is 2.72 bits per heavy atom. The van der Waals surface area contributed by atoms with Crippen LogP contribution in [0.4, 0.5) is 0 Å². The minimum atomic E-state index is 0.319. The van der Waals surface area contributed by atoms with E-state index < -0.39 is 0 Å². The van der Waals surface area contributed by atoms with Crippen LogP contribution in [0.2, 0.25) is 10.0 Å². The van der Waals surface area contributed by atoms with Gasteiger partial charge in [-0.15, -0.1) is 0 Å². The van der Waals surface area contributed by atoms with Crippen LogP contribution in [0, 0.1) is 0 Å². The lowest BCUT2D eigenvalue weighted by Gasteiger charge is -2.27. The van der Waals surface area contributed by atoms with E-state index in [2.05, 4.69) is 56.0 Å². The third kappa shape index (κ3) is 4.78. The Balaban J connectivity index is 2.61. The molecule has 1 atom stereocenters. The largest absolute Gasteiger partial charge is 0.347 e. The summed E-state index contributed by atoms with van der Waals surface area (Å²) in [5.74, 6) is 0. The van der Waals surface area contributed by atoms with E-state index in [0.717, 1.165) is 22.3 Å². The fourth-order valence-corrected chi connectivity index (χ4v) is 3.14. The number of rotatable bonds is 5. The van der Waals surface area contributed by atoms with Crippen LogP contribution in [0.3, 0.4) is 0 Å². The summed E-state index contributed by atoms with van der Waals surface area (Å²) in [6, 6.07) is 5.85. The Morgan fingerprint density at radius 1 is 1.28 bits per heavy atom. The first kappa shape index (κ1) is 19.4.